The van der Waals surface area contributed by atoms with Gasteiger partial charge >= 0.3 is 0 Å². The van der Waals surface area contributed by atoms with Crippen molar-refractivity contribution in [2.45, 2.75) is 27.3 Å². The minimum Gasteiger partial charge on any atom is -0.304 e. The van der Waals surface area contributed by atoms with Crippen molar-refractivity contribution in [3.63, 3.8) is 0 Å². The molecule has 26 heavy (non-hydrogen) atoms. The molecule has 0 saturated carbocycles. The Bertz CT molecular complexity index is 952. The van der Waals surface area contributed by atoms with Gasteiger partial charge in [0.1, 0.15) is 0 Å². The van der Waals surface area contributed by atoms with E-state index in [9.17, 15) is 4.79 Å². The van der Waals surface area contributed by atoms with Gasteiger partial charge in [0.15, 0.2) is 0 Å². The van der Waals surface area contributed by atoms with Gasteiger partial charge in [-0.15, -0.1) is 0 Å². The van der Waals surface area contributed by atoms with Gasteiger partial charge in [-0.25, -0.2) is 0 Å². The Balaban J connectivity index is 2.08. The normalized spacial score (nSPS) is 10.6. The lowest BCUT2D eigenvalue weighted by Gasteiger charge is -2.26. The molecule has 3 rings (SSSR count). The van der Waals surface area contributed by atoms with Crippen LogP contribution in [0.15, 0.2) is 60.9 Å². The van der Waals surface area contributed by atoms with Crippen molar-refractivity contribution < 1.29 is 4.79 Å². The van der Waals surface area contributed by atoms with Gasteiger partial charge in [0.05, 0.1) is 6.54 Å². The summed E-state index contributed by atoms with van der Waals surface area (Å²) in [6, 6.07) is 15.4. The average molecular weight is 365 g/mol. The molecule has 1 aromatic heterocycles. The van der Waals surface area contributed by atoms with Crippen LogP contribution in [0.2, 0.25) is 5.02 Å². The molecular weight excluding hydrogens is 344 g/mol. The first-order valence-corrected chi connectivity index (χ1v) is 8.88. The number of aromatic nitrogens is 1. The number of carbonyl (C=O) groups excluding carboxylic acids is 1. The van der Waals surface area contributed by atoms with E-state index in [4.69, 9.17) is 11.6 Å². The van der Waals surface area contributed by atoms with Crippen LogP contribution in [0, 0.1) is 20.8 Å². The van der Waals surface area contributed by atoms with E-state index in [1.807, 2.05) is 55.1 Å². The Morgan fingerprint density at radius 1 is 1.04 bits per heavy atom. The molecule has 2 aromatic carbocycles. The van der Waals surface area contributed by atoms with E-state index >= 15 is 0 Å². The molecule has 4 heteroatoms. The second-order valence-electron chi connectivity index (χ2n) is 6.43. The highest BCUT2D eigenvalue weighted by Crippen LogP contribution is 2.27. The fourth-order valence-corrected chi connectivity index (χ4v) is 3.18. The molecule has 0 radical (unpaired) electrons. The second-order valence-corrected chi connectivity index (χ2v) is 6.87. The Labute approximate surface area is 159 Å². The molecule has 0 spiro atoms. The van der Waals surface area contributed by atoms with Crippen LogP contribution < -0.4 is 4.90 Å². The lowest BCUT2D eigenvalue weighted by Crippen LogP contribution is -2.31. The Morgan fingerprint density at radius 3 is 2.54 bits per heavy atom. The van der Waals surface area contributed by atoms with Gasteiger partial charge in [-0.1, -0.05) is 35.9 Å². The smallest absolute Gasteiger partial charge is 0.258 e. The van der Waals surface area contributed by atoms with Crippen LogP contribution in [0.3, 0.4) is 0 Å². The topological polar surface area (TPSA) is 33.2 Å². The molecule has 132 valence electrons. The van der Waals surface area contributed by atoms with Gasteiger partial charge in [0, 0.05) is 28.7 Å². The highest BCUT2D eigenvalue weighted by molar-refractivity contribution is 6.30. The Kier molecular flexibility index (Phi) is 5.38. The summed E-state index contributed by atoms with van der Waals surface area (Å²) in [4.78, 5) is 19.3. The SMILES string of the molecule is Cc1cnccc1C(=O)N(Cc1cccc(Cl)c1)c1cccc(C)c1C. The van der Waals surface area contributed by atoms with Gasteiger partial charge in [-0.2, -0.15) is 0 Å². The van der Waals surface area contributed by atoms with Crippen molar-refractivity contribution in [1.82, 2.24) is 4.98 Å². The molecule has 0 bridgehead atoms. The van der Waals surface area contributed by atoms with Gasteiger partial charge in [0.25, 0.3) is 5.91 Å². The number of hydrogen-bond donors (Lipinski definition) is 0. The minimum atomic E-state index is -0.0430. The van der Waals surface area contributed by atoms with Crippen molar-refractivity contribution in [2.24, 2.45) is 0 Å². The molecule has 0 aliphatic rings. The number of nitrogens with zero attached hydrogens (tertiary/aromatic N) is 2. The number of pyridine rings is 1. The number of benzene rings is 2. The first-order chi connectivity index (χ1) is 12.5. The fraction of sp³-hybridized carbons (Fsp3) is 0.182. The van der Waals surface area contributed by atoms with Crippen LogP contribution in [0.4, 0.5) is 5.69 Å². The Hall–Kier alpha value is -2.65. The summed E-state index contributed by atoms with van der Waals surface area (Å²) in [7, 11) is 0. The lowest BCUT2D eigenvalue weighted by molar-refractivity contribution is 0.0984. The van der Waals surface area contributed by atoms with Gasteiger partial charge in [-0.05, 0) is 67.3 Å². The summed E-state index contributed by atoms with van der Waals surface area (Å²) >= 11 is 6.14. The van der Waals surface area contributed by atoms with E-state index in [-0.39, 0.29) is 5.91 Å². The third-order valence-electron chi connectivity index (χ3n) is 4.59. The summed E-state index contributed by atoms with van der Waals surface area (Å²) in [6.45, 7) is 6.45. The van der Waals surface area contributed by atoms with Gasteiger partial charge in [0.2, 0.25) is 0 Å². The average Bonchev–Trinajstić information content (AvgIpc) is 2.62. The number of carbonyl (C=O) groups is 1. The third kappa shape index (κ3) is 3.78. The molecule has 1 amide bonds. The molecule has 0 fully saturated rings. The molecule has 0 aliphatic carbocycles. The first kappa shape index (κ1) is 18.2. The molecule has 0 atom stereocenters. The maximum Gasteiger partial charge on any atom is 0.258 e. The molecule has 0 unspecified atom stereocenters. The highest BCUT2D eigenvalue weighted by atomic mass is 35.5. The molecule has 0 saturated heterocycles. The van der Waals surface area contributed by atoms with E-state index in [0.29, 0.717) is 17.1 Å². The molecule has 1 heterocycles. The van der Waals surface area contributed by atoms with Crippen molar-refractivity contribution >= 4 is 23.2 Å². The van der Waals surface area contributed by atoms with Crippen LogP contribution in [0.1, 0.15) is 32.6 Å². The van der Waals surface area contributed by atoms with Crippen molar-refractivity contribution in [1.29, 1.82) is 0 Å². The van der Waals surface area contributed by atoms with E-state index in [1.54, 1.807) is 18.5 Å². The number of hydrogen-bond acceptors (Lipinski definition) is 2. The van der Waals surface area contributed by atoms with Gasteiger partial charge < -0.3 is 4.90 Å². The standard InChI is InChI=1S/C22H21ClN2O/c1-15-6-4-9-21(17(15)3)25(14-18-7-5-8-19(23)12-18)22(26)20-10-11-24-13-16(20)2/h4-13H,14H2,1-3H3. The van der Waals surface area contributed by atoms with E-state index < -0.39 is 0 Å². The van der Waals surface area contributed by atoms with Crippen LogP contribution in [0.5, 0.6) is 0 Å². The molecule has 3 aromatic rings. The monoisotopic (exact) mass is 364 g/mol. The first-order valence-electron chi connectivity index (χ1n) is 8.50. The maximum absolute atomic E-state index is 13.4. The summed E-state index contributed by atoms with van der Waals surface area (Å²) in [5, 5.41) is 0.663. The number of rotatable bonds is 4. The van der Waals surface area contributed by atoms with Crippen LogP contribution in [0.25, 0.3) is 0 Å². The number of aryl methyl sites for hydroxylation is 2. The zero-order valence-corrected chi connectivity index (χ0v) is 15.9. The number of anilines is 1. The third-order valence-corrected chi connectivity index (χ3v) is 4.83. The van der Waals surface area contributed by atoms with Crippen LogP contribution in [-0.4, -0.2) is 10.9 Å². The van der Waals surface area contributed by atoms with Crippen LogP contribution >= 0.6 is 11.6 Å². The van der Waals surface area contributed by atoms with E-state index in [2.05, 4.69) is 18.0 Å². The summed E-state index contributed by atoms with van der Waals surface area (Å²) in [6.07, 6.45) is 3.37. The largest absolute Gasteiger partial charge is 0.304 e. The molecular formula is C22H21ClN2O. The van der Waals surface area contributed by atoms with E-state index in [0.717, 1.165) is 27.9 Å². The maximum atomic E-state index is 13.4. The predicted molar refractivity (Wildman–Crippen MR) is 107 cm³/mol. The van der Waals surface area contributed by atoms with Crippen molar-refractivity contribution in [3.8, 4) is 0 Å². The summed E-state index contributed by atoms with van der Waals surface area (Å²) < 4.78 is 0. The summed E-state index contributed by atoms with van der Waals surface area (Å²) in [5.41, 5.74) is 5.65. The van der Waals surface area contributed by atoms with Crippen LogP contribution in [-0.2, 0) is 6.54 Å². The molecule has 3 nitrogen and oxygen atoms in total. The summed E-state index contributed by atoms with van der Waals surface area (Å²) in [5.74, 6) is -0.0430. The highest BCUT2D eigenvalue weighted by Gasteiger charge is 2.21. The van der Waals surface area contributed by atoms with Crippen molar-refractivity contribution in [2.75, 3.05) is 4.90 Å². The van der Waals surface area contributed by atoms with E-state index in [1.165, 1.54) is 0 Å². The molecule has 0 aliphatic heterocycles. The Morgan fingerprint density at radius 2 is 1.81 bits per heavy atom. The minimum absolute atomic E-state index is 0.0430. The lowest BCUT2D eigenvalue weighted by atomic mass is 10.0. The quantitative estimate of drug-likeness (QED) is 0.611. The number of halogens is 1. The predicted octanol–water partition coefficient (Wildman–Crippen LogP) is 5.51. The number of amides is 1. The molecule has 0 N–H and O–H groups in total. The van der Waals surface area contributed by atoms with Gasteiger partial charge in [-0.3, -0.25) is 9.78 Å². The zero-order valence-electron chi connectivity index (χ0n) is 15.2. The second kappa shape index (κ2) is 7.71. The van der Waals surface area contributed by atoms with Crippen molar-refractivity contribution in [3.05, 3.63) is 93.8 Å². The zero-order chi connectivity index (χ0) is 18.7. The fourth-order valence-electron chi connectivity index (χ4n) is 2.97.